The molecule has 0 saturated carbocycles. The lowest BCUT2D eigenvalue weighted by molar-refractivity contribution is -0.135. The van der Waals surface area contributed by atoms with Crippen molar-refractivity contribution in [1.29, 1.82) is 0 Å². The second-order valence-corrected chi connectivity index (χ2v) is 5.15. The molecule has 0 saturated heterocycles. The molecule has 3 nitrogen and oxygen atoms in total. The molecule has 0 spiro atoms. The third-order valence-corrected chi connectivity index (χ3v) is 3.55. The minimum atomic E-state index is -0.896. The number of hydrogen-bond acceptors (Lipinski definition) is 2. The van der Waals surface area contributed by atoms with Gasteiger partial charge in [-0.15, -0.1) is 0 Å². The predicted octanol–water partition coefficient (Wildman–Crippen LogP) is 4.08. The molecule has 0 radical (unpaired) electrons. The number of nitrogens with zero attached hydrogens (tertiary/aromatic N) is 1. The van der Waals surface area contributed by atoms with E-state index < -0.39 is 5.97 Å². The molecule has 0 atom stereocenters. The fourth-order valence-corrected chi connectivity index (χ4v) is 2.18. The first-order chi connectivity index (χ1) is 9.56. The molecular formula is C15H13Cl2NO2. The molecular weight excluding hydrogens is 297 g/mol. The Hall–Kier alpha value is -1.71. The summed E-state index contributed by atoms with van der Waals surface area (Å²) in [4.78, 5) is 12.8. The van der Waals surface area contributed by atoms with Crippen molar-refractivity contribution < 1.29 is 9.90 Å². The Kier molecular flexibility index (Phi) is 4.88. The Morgan fingerprint density at radius 2 is 1.75 bits per heavy atom. The van der Waals surface area contributed by atoms with Gasteiger partial charge in [-0.3, -0.25) is 4.79 Å². The van der Waals surface area contributed by atoms with Crippen molar-refractivity contribution in [3.05, 3.63) is 64.1 Å². The number of aliphatic carboxylic acids is 1. The zero-order chi connectivity index (χ0) is 14.5. The highest BCUT2D eigenvalue weighted by Crippen LogP contribution is 2.28. The SMILES string of the molecule is O=C(O)CN(Cc1ccccc1)c1ccc(Cl)c(Cl)c1. The number of rotatable bonds is 5. The summed E-state index contributed by atoms with van der Waals surface area (Å²) < 4.78 is 0. The van der Waals surface area contributed by atoms with Crippen molar-refractivity contribution in [2.45, 2.75) is 6.54 Å². The maximum absolute atomic E-state index is 11.0. The summed E-state index contributed by atoms with van der Waals surface area (Å²) >= 11 is 11.9. The van der Waals surface area contributed by atoms with Gasteiger partial charge in [-0.25, -0.2) is 0 Å². The van der Waals surface area contributed by atoms with Gasteiger partial charge < -0.3 is 10.0 Å². The number of carboxylic acids is 1. The Labute approximate surface area is 127 Å². The average molecular weight is 310 g/mol. The molecule has 20 heavy (non-hydrogen) atoms. The van der Waals surface area contributed by atoms with Gasteiger partial charge in [0.2, 0.25) is 0 Å². The van der Waals surface area contributed by atoms with E-state index in [-0.39, 0.29) is 6.54 Å². The van der Waals surface area contributed by atoms with Crippen molar-refractivity contribution in [2.75, 3.05) is 11.4 Å². The van der Waals surface area contributed by atoms with E-state index in [1.165, 1.54) is 0 Å². The normalized spacial score (nSPS) is 10.3. The first-order valence-electron chi connectivity index (χ1n) is 6.02. The maximum atomic E-state index is 11.0. The molecule has 2 aromatic rings. The van der Waals surface area contributed by atoms with Crippen molar-refractivity contribution in [3.63, 3.8) is 0 Å². The van der Waals surface area contributed by atoms with Crippen LogP contribution in [0.2, 0.25) is 10.0 Å². The smallest absolute Gasteiger partial charge is 0.323 e. The summed E-state index contributed by atoms with van der Waals surface area (Å²) in [5.41, 5.74) is 1.76. The molecule has 0 bridgehead atoms. The Morgan fingerprint density at radius 1 is 1.05 bits per heavy atom. The van der Waals surface area contributed by atoms with E-state index in [0.29, 0.717) is 16.6 Å². The van der Waals surface area contributed by atoms with Crippen LogP contribution in [-0.2, 0) is 11.3 Å². The van der Waals surface area contributed by atoms with E-state index >= 15 is 0 Å². The molecule has 1 N–H and O–H groups in total. The van der Waals surface area contributed by atoms with Gasteiger partial charge in [0, 0.05) is 12.2 Å². The van der Waals surface area contributed by atoms with Gasteiger partial charge in [0.1, 0.15) is 6.54 Å². The Balaban J connectivity index is 2.27. The van der Waals surface area contributed by atoms with Crippen LogP contribution in [0.25, 0.3) is 0 Å². The molecule has 0 unspecified atom stereocenters. The van der Waals surface area contributed by atoms with Gasteiger partial charge in [0.25, 0.3) is 0 Å². The third-order valence-electron chi connectivity index (χ3n) is 2.81. The van der Waals surface area contributed by atoms with Crippen LogP contribution >= 0.6 is 23.2 Å². The molecule has 0 amide bonds. The van der Waals surface area contributed by atoms with Crippen molar-refractivity contribution >= 4 is 34.9 Å². The van der Waals surface area contributed by atoms with Gasteiger partial charge in [-0.1, -0.05) is 53.5 Å². The van der Waals surface area contributed by atoms with E-state index in [4.69, 9.17) is 28.3 Å². The fourth-order valence-electron chi connectivity index (χ4n) is 1.89. The molecule has 0 heterocycles. The minimum Gasteiger partial charge on any atom is -0.480 e. The van der Waals surface area contributed by atoms with E-state index in [1.807, 2.05) is 30.3 Å². The highest BCUT2D eigenvalue weighted by Gasteiger charge is 2.12. The molecule has 0 aliphatic heterocycles. The second kappa shape index (κ2) is 6.64. The van der Waals surface area contributed by atoms with Crippen LogP contribution in [0.3, 0.4) is 0 Å². The molecule has 2 aromatic carbocycles. The molecule has 5 heteroatoms. The first-order valence-corrected chi connectivity index (χ1v) is 6.77. The van der Waals surface area contributed by atoms with E-state index in [1.54, 1.807) is 23.1 Å². The van der Waals surface area contributed by atoms with E-state index in [2.05, 4.69) is 0 Å². The summed E-state index contributed by atoms with van der Waals surface area (Å²) in [6, 6.07) is 14.8. The zero-order valence-corrected chi connectivity index (χ0v) is 12.1. The average Bonchev–Trinajstić information content (AvgIpc) is 2.42. The lowest BCUT2D eigenvalue weighted by atomic mass is 10.2. The number of anilines is 1. The standard InChI is InChI=1S/C15H13Cl2NO2/c16-13-7-6-12(8-14(13)17)18(10-15(19)20)9-11-4-2-1-3-5-11/h1-8H,9-10H2,(H,19,20). The molecule has 0 aliphatic rings. The lowest BCUT2D eigenvalue weighted by Crippen LogP contribution is -2.29. The predicted molar refractivity (Wildman–Crippen MR) is 81.6 cm³/mol. The fraction of sp³-hybridized carbons (Fsp3) is 0.133. The number of carbonyl (C=O) groups is 1. The zero-order valence-electron chi connectivity index (χ0n) is 10.6. The number of benzene rings is 2. The van der Waals surface area contributed by atoms with Crippen LogP contribution in [0.4, 0.5) is 5.69 Å². The second-order valence-electron chi connectivity index (χ2n) is 4.33. The van der Waals surface area contributed by atoms with Gasteiger partial charge >= 0.3 is 5.97 Å². The van der Waals surface area contributed by atoms with Crippen LogP contribution in [0.5, 0.6) is 0 Å². The van der Waals surface area contributed by atoms with Crippen LogP contribution in [-0.4, -0.2) is 17.6 Å². The summed E-state index contributed by atoms with van der Waals surface area (Å²) in [6.45, 7) is 0.387. The van der Waals surface area contributed by atoms with Gasteiger partial charge in [0.05, 0.1) is 10.0 Å². The van der Waals surface area contributed by atoms with Crippen molar-refractivity contribution in [2.24, 2.45) is 0 Å². The van der Waals surface area contributed by atoms with E-state index in [0.717, 1.165) is 11.3 Å². The Bertz CT molecular complexity index is 602. The highest BCUT2D eigenvalue weighted by molar-refractivity contribution is 6.42. The monoisotopic (exact) mass is 309 g/mol. The number of carboxylic acid groups (broad SMARTS) is 1. The third kappa shape index (κ3) is 3.89. The quantitative estimate of drug-likeness (QED) is 0.904. The van der Waals surface area contributed by atoms with Crippen molar-refractivity contribution in [3.8, 4) is 0 Å². The molecule has 0 aliphatic carbocycles. The molecule has 2 rings (SSSR count). The molecule has 104 valence electrons. The number of halogens is 2. The first kappa shape index (κ1) is 14.7. The Morgan fingerprint density at radius 3 is 2.35 bits per heavy atom. The van der Waals surface area contributed by atoms with Gasteiger partial charge in [0.15, 0.2) is 0 Å². The van der Waals surface area contributed by atoms with Gasteiger partial charge in [-0.05, 0) is 23.8 Å². The van der Waals surface area contributed by atoms with Crippen LogP contribution in [0.15, 0.2) is 48.5 Å². The maximum Gasteiger partial charge on any atom is 0.323 e. The van der Waals surface area contributed by atoms with Crippen LogP contribution in [0, 0.1) is 0 Å². The lowest BCUT2D eigenvalue weighted by Gasteiger charge is -2.23. The molecule has 0 fully saturated rings. The highest BCUT2D eigenvalue weighted by atomic mass is 35.5. The minimum absolute atomic E-state index is 0.104. The molecule has 0 aromatic heterocycles. The van der Waals surface area contributed by atoms with Crippen LogP contribution in [0.1, 0.15) is 5.56 Å². The summed E-state index contributed by atoms with van der Waals surface area (Å²) in [6.07, 6.45) is 0. The van der Waals surface area contributed by atoms with Gasteiger partial charge in [-0.2, -0.15) is 0 Å². The number of hydrogen-bond donors (Lipinski definition) is 1. The van der Waals surface area contributed by atoms with Crippen molar-refractivity contribution in [1.82, 2.24) is 0 Å². The van der Waals surface area contributed by atoms with E-state index in [9.17, 15) is 4.79 Å². The topological polar surface area (TPSA) is 40.5 Å². The largest absolute Gasteiger partial charge is 0.480 e. The summed E-state index contributed by atoms with van der Waals surface area (Å²) in [5.74, 6) is -0.896. The summed E-state index contributed by atoms with van der Waals surface area (Å²) in [5, 5.41) is 9.91. The summed E-state index contributed by atoms with van der Waals surface area (Å²) in [7, 11) is 0. The van der Waals surface area contributed by atoms with Crippen LogP contribution < -0.4 is 4.90 Å².